The van der Waals surface area contributed by atoms with Crippen molar-refractivity contribution in [3.63, 3.8) is 0 Å². The molecule has 6 heteroatoms. The van der Waals surface area contributed by atoms with Gasteiger partial charge in [-0.3, -0.25) is 4.79 Å². The summed E-state index contributed by atoms with van der Waals surface area (Å²) in [5.41, 5.74) is 3.03. The zero-order valence-corrected chi connectivity index (χ0v) is 14.0. The van der Waals surface area contributed by atoms with Crippen molar-refractivity contribution < 1.29 is 19.7 Å². The minimum Gasteiger partial charge on any atom is -0.507 e. The highest BCUT2D eigenvalue weighted by atomic mass is 16.5. The Bertz CT molecular complexity index is 894. The van der Waals surface area contributed by atoms with E-state index in [1.54, 1.807) is 24.4 Å². The zero-order chi connectivity index (χ0) is 18.4. The van der Waals surface area contributed by atoms with Gasteiger partial charge in [0.25, 0.3) is 0 Å². The number of para-hydroxylation sites is 1. The lowest BCUT2D eigenvalue weighted by molar-refractivity contribution is -0.137. The van der Waals surface area contributed by atoms with Crippen LogP contribution in [0.4, 0.5) is 0 Å². The molecule has 1 aromatic heterocycles. The Labute approximate surface area is 150 Å². The molecule has 132 valence electrons. The number of ether oxygens (including phenoxy) is 1. The molecule has 6 nitrogen and oxygen atoms in total. The van der Waals surface area contributed by atoms with Gasteiger partial charge in [-0.15, -0.1) is 0 Å². The Balaban J connectivity index is 1.72. The molecule has 0 saturated carbocycles. The second-order valence-corrected chi connectivity index (χ2v) is 5.72. The second-order valence-electron chi connectivity index (χ2n) is 5.72. The van der Waals surface area contributed by atoms with Crippen LogP contribution in [-0.2, 0) is 4.79 Å². The number of hydrogen-bond donors (Lipinski definition) is 2. The van der Waals surface area contributed by atoms with Crippen molar-refractivity contribution in [1.82, 2.24) is 10.2 Å². The van der Waals surface area contributed by atoms with E-state index in [1.165, 1.54) is 0 Å². The molecule has 3 aromatic rings. The Kier molecular flexibility index (Phi) is 5.43. The van der Waals surface area contributed by atoms with E-state index in [2.05, 4.69) is 10.2 Å². The van der Waals surface area contributed by atoms with Crippen LogP contribution in [-0.4, -0.2) is 33.0 Å². The third kappa shape index (κ3) is 4.36. The van der Waals surface area contributed by atoms with Gasteiger partial charge < -0.3 is 14.9 Å². The first kappa shape index (κ1) is 17.4. The number of carboxylic acids is 1. The maximum Gasteiger partial charge on any atom is 0.303 e. The molecule has 0 bridgehead atoms. The Morgan fingerprint density at radius 1 is 1.04 bits per heavy atom. The van der Waals surface area contributed by atoms with Gasteiger partial charge >= 0.3 is 5.97 Å². The Hall–Kier alpha value is -3.41. The maximum atomic E-state index is 10.5. The average Bonchev–Trinajstić information content (AvgIpc) is 2.66. The fourth-order valence-corrected chi connectivity index (χ4v) is 2.50. The van der Waals surface area contributed by atoms with E-state index in [0.717, 1.165) is 11.1 Å². The van der Waals surface area contributed by atoms with Crippen LogP contribution in [0.1, 0.15) is 12.8 Å². The molecule has 26 heavy (non-hydrogen) atoms. The molecule has 0 saturated heterocycles. The van der Waals surface area contributed by atoms with Crippen molar-refractivity contribution in [3.05, 3.63) is 60.8 Å². The molecule has 0 fully saturated rings. The summed E-state index contributed by atoms with van der Waals surface area (Å²) in [6.45, 7) is 0.361. The summed E-state index contributed by atoms with van der Waals surface area (Å²) in [5.74, 6) is 0.0144. The van der Waals surface area contributed by atoms with Crippen molar-refractivity contribution >= 4 is 5.97 Å². The van der Waals surface area contributed by atoms with Crippen molar-refractivity contribution in [1.29, 1.82) is 0 Å². The summed E-state index contributed by atoms with van der Waals surface area (Å²) in [6.07, 6.45) is 2.22. The smallest absolute Gasteiger partial charge is 0.303 e. The van der Waals surface area contributed by atoms with Crippen LogP contribution in [0.5, 0.6) is 11.5 Å². The van der Waals surface area contributed by atoms with E-state index in [-0.39, 0.29) is 12.2 Å². The van der Waals surface area contributed by atoms with Crippen molar-refractivity contribution in [3.8, 4) is 33.9 Å². The number of nitrogens with zero attached hydrogens (tertiary/aromatic N) is 2. The minimum atomic E-state index is -0.825. The summed E-state index contributed by atoms with van der Waals surface area (Å²) in [7, 11) is 0. The number of rotatable bonds is 7. The highest BCUT2D eigenvalue weighted by molar-refractivity contribution is 5.72. The molecule has 0 unspecified atom stereocenters. The van der Waals surface area contributed by atoms with Gasteiger partial charge in [0, 0.05) is 17.5 Å². The number of aliphatic carboxylic acids is 1. The lowest BCUT2D eigenvalue weighted by atomic mass is 10.0. The zero-order valence-electron chi connectivity index (χ0n) is 14.0. The molecule has 3 rings (SSSR count). The van der Waals surface area contributed by atoms with Crippen molar-refractivity contribution in [2.75, 3.05) is 6.61 Å². The highest BCUT2D eigenvalue weighted by Crippen LogP contribution is 2.30. The molecular formula is C20H18N2O4. The van der Waals surface area contributed by atoms with E-state index in [9.17, 15) is 9.90 Å². The molecule has 0 radical (unpaired) electrons. The van der Waals surface area contributed by atoms with Crippen LogP contribution in [0, 0.1) is 0 Å². The summed E-state index contributed by atoms with van der Waals surface area (Å²) in [4.78, 5) is 10.5. The number of carbonyl (C=O) groups is 1. The van der Waals surface area contributed by atoms with Gasteiger partial charge in [-0.05, 0) is 42.3 Å². The molecule has 0 spiro atoms. The number of carboxylic acid groups (broad SMARTS) is 1. The van der Waals surface area contributed by atoms with E-state index in [1.807, 2.05) is 36.4 Å². The molecule has 1 heterocycles. The van der Waals surface area contributed by atoms with E-state index >= 15 is 0 Å². The first-order valence-corrected chi connectivity index (χ1v) is 8.19. The standard InChI is InChI=1S/C20H18N2O4/c23-19-5-2-1-4-17(19)18-12-15(13-21-22-18)14-7-9-16(10-8-14)26-11-3-6-20(24)25/h1-2,4-5,7-10,12-13,23H,3,6,11H2,(H,24,25). The van der Waals surface area contributed by atoms with Crippen molar-refractivity contribution in [2.45, 2.75) is 12.8 Å². The van der Waals surface area contributed by atoms with Crippen LogP contribution < -0.4 is 4.74 Å². The Morgan fingerprint density at radius 3 is 2.54 bits per heavy atom. The first-order valence-electron chi connectivity index (χ1n) is 8.19. The summed E-state index contributed by atoms with van der Waals surface area (Å²) >= 11 is 0. The predicted octanol–water partition coefficient (Wildman–Crippen LogP) is 3.76. The SMILES string of the molecule is O=C(O)CCCOc1ccc(-c2cnnc(-c3ccccc3O)c2)cc1. The number of benzene rings is 2. The van der Waals surface area contributed by atoms with Gasteiger partial charge in [-0.2, -0.15) is 10.2 Å². The van der Waals surface area contributed by atoms with Crippen molar-refractivity contribution in [2.24, 2.45) is 0 Å². The number of phenols is 1. The highest BCUT2D eigenvalue weighted by Gasteiger charge is 2.08. The van der Waals surface area contributed by atoms with Crippen LogP contribution in [0.25, 0.3) is 22.4 Å². The molecule has 0 aliphatic rings. The van der Waals surface area contributed by atoms with Gasteiger partial charge in [0.15, 0.2) is 0 Å². The number of hydrogen-bond acceptors (Lipinski definition) is 5. The van der Waals surface area contributed by atoms with E-state index in [0.29, 0.717) is 30.0 Å². The Morgan fingerprint density at radius 2 is 1.81 bits per heavy atom. The molecule has 0 aliphatic carbocycles. The van der Waals surface area contributed by atoms with Crippen LogP contribution in [0.15, 0.2) is 60.8 Å². The summed E-state index contributed by atoms with van der Waals surface area (Å²) in [5, 5.41) is 26.7. The molecule has 0 atom stereocenters. The number of phenolic OH excluding ortho intramolecular Hbond substituents is 1. The second kappa shape index (κ2) is 8.11. The third-order valence-corrected chi connectivity index (χ3v) is 3.83. The molecule has 0 aliphatic heterocycles. The van der Waals surface area contributed by atoms with Gasteiger partial charge in [0.1, 0.15) is 11.5 Å². The van der Waals surface area contributed by atoms with E-state index in [4.69, 9.17) is 9.84 Å². The monoisotopic (exact) mass is 350 g/mol. The topological polar surface area (TPSA) is 92.5 Å². The lowest BCUT2D eigenvalue weighted by Gasteiger charge is -2.08. The lowest BCUT2D eigenvalue weighted by Crippen LogP contribution is -2.01. The molecule has 0 amide bonds. The summed E-state index contributed by atoms with van der Waals surface area (Å²) in [6, 6.07) is 16.3. The number of aromatic hydroxyl groups is 1. The van der Waals surface area contributed by atoms with Gasteiger partial charge in [-0.25, -0.2) is 0 Å². The maximum absolute atomic E-state index is 10.5. The first-order chi connectivity index (χ1) is 12.6. The van der Waals surface area contributed by atoms with Gasteiger partial charge in [0.2, 0.25) is 0 Å². The molecule has 2 N–H and O–H groups in total. The van der Waals surface area contributed by atoms with Crippen LogP contribution in [0.3, 0.4) is 0 Å². The predicted molar refractivity (Wildman–Crippen MR) is 96.9 cm³/mol. The van der Waals surface area contributed by atoms with Gasteiger partial charge in [-0.1, -0.05) is 24.3 Å². The molecular weight excluding hydrogens is 332 g/mol. The fraction of sp³-hybridized carbons (Fsp3) is 0.150. The molecule has 2 aromatic carbocycles. The minimum absolute atomic E-state index is 0.0931. The number of aromatic nitrogens is 2. The third-order valence-electron chi connectivity index (χ3n) is 3.83. The average molecular weight is 350 g/mol. The normalized spacial score (nSPS) is 10.5. The quantitative estimate of drug-likeness (QED) is 0.630. The fourth-order valence-electron chi connectivity index (χ4n) is 2.50. The van der Waals surface area contributed by atoms with Crippen LogP contribution >= 0.6 is 0 Å². The van der Waals surface area contributed by atoms with Crippen LogP contribution in [0.2, 0.25) is 0 Å². The largest absolute Gasteiger partial charge is 0.507 e. The van der Waals surface area contributed by atoms with E-state index < -0.39 is 5.97 Å². The van der Waals surface area contributed by atoms with Gasteiger partial charge in [0.05, 0.1) is 18.5 Å². The summed E-state index contributed by atoms with van der Waals surface area (Å²) < 4.78 is 5.53.